The number of hydrogen-bond donors (Lipinski definition) is 3. The number of carbonyl (C=O) groups excluding carboxylic acids is 1. The summed E-state index contributed by atoms with van der Waals surface area (Å²) in [6, 6.07) is 8.79. The van der Waals surface area contributed by atoms with Gasteiger partial charge in [0, 0.05) is 18.6 Å². The van der Waals surface area contributed by atoms with Crippen LogP contribution >= 0.6 is 11.6 Å². The maximum atomic E-state index is 11.6. The van der Waals surface area contributed by atoms with Crippen LogP contribution in [0.2, 0.25) is 0 Å². The first kappa shape index (κ1) is 14.8. The Kier molecular flexibility index (Phi) is 3.95. The Morgan fingerprint density at radius 2 is 2.10 bits per heavy atom. The maximum absolute atomic E-state index is 11.6. The van der Waals surface area contributed by atoms with E-state index in [1.165, 1.54) is 11.1 Å². The summed E-state index contributed by atoms with van der Waals surface area (Å²) >= 11 is 6.22. The zero-order chi connectivity index (χ0) is 15.0. The van der Waals surface area contributed by atoms with Gasteiger partial charge >= 0.3 is 0 Å². The Bertz CT molecular complexity index is 546. The molecule has 1 aliphatic carbocycles. The molecule has 3 unspecified atom stereocenters. The van der Waals surface area contributed by atoms with Crippen LogP contribution in [-0.4, -0.2) is 23.9 Å². The molecule has 1 saturated heterocycles. The number of carbonyl (C=O) groups is 1. The highest BCUT2D eigenvalue weighted by atomic mass is 35.5. The number of nitrogens with one attached hydrogen (secondary N) is 3. The fraction of sp³-hybridized carbons (Fsp3) is 0.562. The average Bonchev–Trinajstić information content (AvgIpc) is 2.47. The lowest BCUT2D eigenvalue weighted by Crippen LogP contribution is -2.61. The predicted octanol–water partition coefficient (Wildman–Crippen LogP) is 2.00. The van der Waals surface area contributed by atoms with Gasteiger partial charge in [-0.25, -0.2) is 5.43 Å². The zero-order valence-corrected chi connectivity index (χ0v) is 13.2. The Morgan fingerprint density at radius 1 is 1.33 bits per heavy atom. The van der Waals surface area contributed by atoms with Crippen molar-refractivity contribution in [1.82, 2.24) is 16.2 Å². The molecule has 1 heterocycles. The van der Waals surface area contributed by atoms with Crippen LogP contribution in [-0.2, 0) is 10.2 Å². The van der Waals surface area contributed by atoms with Gasteiger partial charge in [0.1, 0.15) is 5.38 Å². The fourth-order valence-corrected chi connectivity index (χ4v) is 3.61. The molecule has 1 aliphatic heterocycles. The molecule has 1 fully saturated rings. The van der Waals surface area contributed by atoms with Crippen LogP contribution in [0.1, 0.15) is 43.9 Å². The number of fused-ring (bicyclic) bond motifs is 1. The van der Waals surface area contributed by atoms with E-state index in [2.05, 4.69) is 54.3 Å². The van der Waals surface area contributed by atoms with Crippen molar-refractivity contribution in [2.45, 2.75) is 49.6 Å². The van der Waals surface area contributed by atoms with Crippen LogP contribution < -0.4 is 16.2 Å². The molecular weight excluding hydrogens is 286 g/mol. The van der Waals surface area contributed by atoms with Crippen molar-refractivity contribution >= 4 is 17.5 Å². The number of alkyl halides is 1. The Balaban J connectivity index is 1.82. The van der Waals surface area contributed by atoms with E-state index in [4.69, 9.17) is 11.6 Å². The van der Waals surface area contributed by atoms with E-state index < -0.39 is 5.38 Å². The minimum absolute atomic E-state index is 0.0558. The molecule has 0 bridgehead atoms. The largest absolute Gasteiger partial charge is 0.304 e. The van der Waals surface area contributed by atoms with Crippen LogP contribution in [0.4, 0.5) is 0 Å². The number of rotatable bonds is 2. The van der Waals surface area contributed by atoms with E-state index in [0.717, 1.165) is 12.8 Å². The van der Waals surface area contributed by atoms with Gasteiger partial charge in [0.25, 0.3) is 5.91 Å². The summed E-state index contributed by atoms with van der Waals surface area (Å²) in [6.07, 6.45) is 2.19. The Labute approximate surface area is 130 Å². The molecule has 3 N–H and O–H groups in total. The van der Waals surface area contributed by atoms with Gasteiger partial charge < -0.3 is 5.32 Å². The van der Waals surface area contributed by atoms with Crippen LogP contribution in [0.15, 0.2) is 24.3 Å². The molecule has 1 amide bonds. The highest BCUT2D eigenvalue weighted by Crippen LogP contribution is 2.41. The third-order valence-electron chi connectivity index (χ3n) is 4.68. The molecule has 2 aliphatic rings. The van der Waals surface area contributed by atoms with Gasteiger partial charge in [-0.15, -0.1) is 11.6 Å². The summed E-state index contributed by atoms with van der Waals surface area (Å²) in [5.74, 6) is -0.162. The zero-order valence-electron chi connectivity index (χ0n) is 12.4. The molecule has 114 valence electrons. The van der Waals surface area contributed by atoms with Gasteiger partial charge in [-0.2, -0.15) is 0 Å². The molecule has 21 heavy (non-hydrogen) atoms. The molecule has 0 radical (unpaired) electrons. The molecule has 0 spiro atoms. The third kappa shape index (κ3) is 2.80. The van der Waals surface area contributed by atoms with Crippen molar-refractivity contribution in [3.8, 4) is 0 Å². The first-order valence-electron chi connectivity index (χ1n) is 7.51. The van der Waals surface area contributed by atoms with Gasteiger partial charge in [0.15, 0.2) is 0 Å². The summed E-state index contributed by atoms with van der Waals surface area (Å²) in [6.45, 7) is 5.23. The standard InChI is InChI=1S/C16H22ClN3O/c1-16(2)8-7-12(10-5-3-4-6-11(10)16)19-13-9-18-20-15(21)14(13)17/h3-6,12-14,18-19H,7-9H2,1-2H3,(H,20,21). The lowest BCUT2D eigenvalue weighted by molar-refractivity contribution is -0.123. The van der Waals surface area contributed by atoms with Crippen LogP contribution in [0.3, 0.4) is 0 Å². The second-order valence-electron chi connectivity index (χ2n) is 6.61. The molecule has 3 rings (SSSR count). The first-order valence-corrected chi connectivity index (χ1v) is 7.95. The highest BCUT2D eigenvalue weighted by Gasteiger charge is 2.36. The van der Waals surface area contributed by atoms with E-state index in [1.54, 1.807) is 0 Å². The summed E-state index contributed by atoms with van der Waals surface area (Å²) in [5.41, 5.74) is 8.41. The quantitative estimate of drug-likeness (QED) is 0.733. The fourth-order valence-electron chi connectivity index (χ4n) is 3.39. The van der Waals surface area contributed by atoms with E-state index in [9.17, 15) is 4.79 Å². The van der Waals surface area contributed by atoms with Gasteiger partial charge in [-0.05, 0) is 29.4 Å². The summed E-state index contributed by atoms with van der Waals surface area (Å²) < 4.78 is 0. The first-order chi connectivity index (χ1) is 9.99. The Hall–Kier alpha value is -1.10. The van der Waals surface area contributed by atoms with Gasteiger partial charge in [-0.3, -0.25) is 10.2 Å². The number of amides is 1. The molecule has 1 aromatic rings. The summed E-state index contributed by atoms with van der Waals surface area (Å²) in [7, 11) is 0. The van der Waals surface area contributed by atoms with Gasteiger partial charge in [-0.1, -0.05) is 38.1 Å². The molecular formula is C16H22ClN3O. The molecule has 0 saturated carbocycles. The Morgan fingerprint density at radius 3 is 2.90 bits per heavy atom. The monoisotopic (exact) mass is 307 g/mol. The third-order valence-corrected chi connectivity index (χ3v) is 5.18. The normalized spacial score (nSPS) is 31.4. The molecule has 5 heteroatoms. The second kappa shape index (κ2) is 5.59. The van der Waals surface area contributed by atoms with Crippen LogP contribution in [0.5, 0.6) is 0 Å². The minimum Gasteiger partial charge on any atom is -0.304 e. The predicted molar refractivity (Wildman–Crippen MR) is 84.2 cm³/mol. The molecule has 0 aromatic heterocycles. The van der Waals surface area contributed by atoms with Crippen LogP contribution in [0, 0.1) is 0 Å². The van der Waals surface area contributed by atoms with E-state index in [1.807, 2.05) is 0 Å². The van der Waals surface area contributed by atoms with Crippen molar-refractivity contribution in [3.05, 3.63) is 35.4 Å². The van der Waals surface area contributed by atoms with Crippen molar-refractivity contribution < 1.29 is 4.79 Å². The second-order valence-corrected chi connectivity index (χ2v) is 7.08. The van der Waals surface area contributed by atoms with Crippen molar-refractivity contribution in [3.63, 3.8) is 0 Å². The van der Waals surface area contributed by atoms with E-state index >= 15 is 0 Å². The lowest BCUT2D eigenvalue weighted by atomic mass is 9.71. The SMILES string of the molecule is CC1(C)CCC(NC2CNNC(=O)C2Cl)c2ccccc21. The van der Waals surface area contributed by atoms with Crippen molar-refractivity contribution in [1.29, 1.82) is 0 Å². The number of hydrogen-bond acceptors (Lipinski definition) is 3. The van der Waals surface area contributed by atoms with Gasteiger partial charge in [0.2, 0.25) is 0 Å². The van der Waals surface area contributed by atoms with Crippen molar-refractivity contribution in [2.24, 2.45) is 0 Å². The summed E-state index contributed by atoms with van der Waals surface area (Å²) in [5, 5.41) is 3.04. The smallest absolute Gasteiger partial charge is 0.253 e. The van der Waals surface area contributed by atoms with E-state index in [-0.39, 0.29) is 23.4 Å². The highest BCUT2D eigenvalue weighted by molar-refractivity contribution is 6.31. The number of benzene rings is 1. The molecule has 4 nitrogen and oxygen atoms in total. The lowest BCUT2D eigenvalue weighted by Gasteiger charge is -2.40. The minimum atomic E-state index is -0.534. The van der Waals surface area contributed by atoms with Crippen molar-refractivity contribution in [2.75, 3.05) is 6.54 Å². The molecule has 3 atom stereocenters. The van der Waals surface area contributed by atoms with E-state index in [0.29, 0.717) is 6.54 Å². The summed E-state index contributed by atoms with van der Waals surface area (Å²) in [4.78, 5) is 11.6. The topological polar surface area (TPSA) is 53.2 Å². The number of halogens is 1. The van der Waals surface area contributed by atoms with Gasteiger partial charge in [0.05, 0.1) is 0 Å². The average molecular weight is 308 g/mol. The number of hydrazine groups is 1. The molecule has 1 aromatic carbocycles. The maximum Gasteiger partial charge on any atom is 0.253 e. The van der Waals surface area contributed by atoms with Crippen LogP contribution in [0.25, 0.3) is 0 Å².